The Bertz CT molecular complexity index is 4020. The summed E-state index contributed by atoms with van der Waals surface area (Å²) in [4.78, 5) is 0. The van der Waals surface area contributed by atoms with Crippen LogP contribution in [-0.4, -0.2) is 0 Å². The fraction of sp³-hybridized carbons (Fsp3) is 0.130. The van der Waals surface area contributed by atoms with Crippen molar-refractivity contribution in [3.63, 3.8) is 0 Å². The molecule has 0 atom stereocenters. The molecule has 3 aliphatic carbocycles. The van der Waals surface area contributed by atoms with Crippen LogP contribution in [0.1, 0.15) is 74.9 Å². The molecule has 0 radical (unpaired) electrons. The minimum absolute atomic E-state index is 0.126. The molecule has 0 heteroatoms. The maximum atomic E-state index is 2.59. The van der Waals surface area contributed by atoms with E-state index in [9.17, 15) is 0 Å². The lowest BCUT2D eigenvalue weighted by Gasteiger charge is -2.26. The summed E-state index contributed by atoms with van der Waals surface area (Å²) in [7, 11) is 0. The highest BCUT2D eigenvalue weighted by Crippen LogP contribution is 2.56. The van der Waals surface area contributed by atoms with Crippen LogP contribution in [-0.2, 0) is 16.2 Å². The first-order valence-electron chi connectivity index (χ1n) is 24.7. The Morgan fingerprint density at radius 2 is 0.594 bits per heavy atom. The molecule has 0 saturated heterocycles. The number of fused-ring (bicyclic) bond motifs is 12. The number of benzene rings is 11. The van der Waals surface area contributed by atoms with Gasteiger partial charge in [0.25, 0.3) is 0 Å². The zero-order chi connectivity index (χ0) is 46.6. The van der Waals surface area contributed by atoms with Crippen LogP contribution < -0.4 is 0 Å². The van der Waals surface area contributed by atoms with Crippen molar-refractivity contribution in [3.8, 4) is 77.9 Å². The van der Waals surface area contributed by atoms with Crippen LogP contribution in [0.5, 0.6) is 0 Å². The van der Waals surface area contributed by atoms with Crippen molar-refractivity contribution in [2.75, 3.05) is 0 Å². The average molecular weight is 881 g/mol. The zero-order valence-electron chi connectivity index (χ0n) is 40.1. The summed E-state index contributed by atoms with van der Waals surface area (Å²) in [6, 6.07) is 78.9. The molecule has 0 aromatic heterocycles. The molecule has 0 spiro atoms. The Kier molecular flexibility index (Phi) is 8.25. The lowest BCUT2D eigenvalue weighted by molar-refractivity contribution is 0.660. The Balaban J connectivity index is 1.06. The van der Waals surface area contributed by atoms with E-state index >= 15 is 0 Å². The van der Waals surface area contributed by atoms with Crippen LogP contribution in [0.2, 0.25) is 0 Å². The number of hydrogen-bond donors (Lipinski definition) is 0. The van der Waals surface area contributed by atoms with Crippen molar-refractivity contribution in [3.05, 3.63) is 240 Å². The van der Waals surface area contributed by atoms with Gasteiger partial charge in [-0.05, 0) is 180 Å². The van der Waals surface area contributed by atoms with Crippen molar-refractivity contribution in [1.29, 1.82) is 0 Å². The first kappa shape index (κ1) is 40.3. The Morgan fingerprint density at radius 1 is 0.217 bits per heavy atom. The van der Waals surface area contributed by atoms with Crippen LogP contribution in [0, 0.1) is 0 Å². The van der Waals surface area contributed by atoms with Crippen LogP contribution in [0.15, 0.2) is 206 Å². The molecule has 0 heterocycles. The fourth-order valence-electron chi connectivity index (χ4n) is 13.2. The van der Waals surface area contributed by atoms with Gasteiger partial charge in [-0.2, -0.15) is 0 Å². The summed E-state index contributed by atoms with van der Waals surface area (Å²) in [6.45, 7) is 14.4. The van der Waals surface area contributed by atoms with Gasteiger partial charge in [-0.3, -0.25) is 0 Å². The maximum Gasteiger partial charge on any atom is 0.0159 e. The Labute approximate surface area is 405 Å². The van der Waals surface area contributed by atoms with Gasteiger partial charge in [0.1, 0.15) is 0 Å². The number of hydrogen-bond acceptors (Lipinski definition) is 0. The van der Waals surface area contributed by atoms with E-state index in [-0.39, 0.29) is 16.2 Å². The molecule has 11 aromatic rings. The van der Waals surface area contributed by atoms with Gasteiger partial charge in [-0.15, -0.1) is 0 Å². The quantitative estimate of drug-likeness (QED) is 0.155. The van der Waals surface area contributed by atoms with E-state index in [1.807, 2.05) is 0 Å². The lowest BCUT2D eigenvalue weighted by Crippen LogP contribution is -2.15. The normalized spacial score (nSPS) is 15.2. The predicted octanol–water partition coefficient (Wildman–Crippen LogP) is 18.7. The van der Waals surface area contributed by atoms with E-state index in [2.05, 4.69) is 248 Å². The van der Waals surface area contributed by atoms with E-state index in [1.165, 1.54) is 144 Å². The highest BCUT2D eigenvalue weighted by atomic mass is 14.4. The summed E-state index contributed by atoms with van der Waals surface area (Å²) < 4.78 is 0. The fourth-order valence-corrected chi connectivity index (χ4v) is 13.2. The molecule has 69 heavy (non-hydrogen) atoms. The van der Waals surface area contributed by atoms with Crippen molar-refractivity contribution in [2.24, 2.45) is 0 Å². The molecule has 0 nitrogen and oxygen atoms in total. The van der Waals surface area contributed by atoms with Gasteiger partial charge in [0.15, 0.2) is 0 Å². The van der Waals surface area contributed by atoms with Crippen molar-refractivity contribution in [2.45, 2.75) is 57.8 Å². The zero-order valence-corrected chi connectivity index (χ0v) is 40.1. The molecular weight excluding hydrogens is 829 g/mol. The van der Waals surface area contributed by atoms with E-state index in [1.54, 1.807) is 0 Å². The smallest absolute Gasteiger partial charge is 0.0159 e. The second-order valence-electron chi connectivity index (χ2n) is 21.6. The minimum atomic E-state index is -0.161. The molecule has 11 aromatic carbocycles. The second-order valence-corrected chi connectivity index (χ2v) is 21.6. The second kappa shape index (κ2) is 14.1. The molecule has 14 rings (SSSR count). The van der Waals surface area contributed by atoms with Crippen LogP contribution in [0.25, 0.3) is 110 Å². The van der Waals surface area contributed by atoms with Crippen molar-refractivity contribution >= 4 is 32.3 Å². The first-order chi connectivity index (χ1) is 33.5. The summed E-state index contributed by atoms with van der Waals surface area (Å²) in [5.74, 6) is 0. The third kappa shape index (κ3) is 5.64. The Morgan fingerprint density at radius 3 is 1.16 bits per heavy atom. The molecule has 3 aliphatic rings. The van der Waals surface area contributed by atoms with E-state index in [0.29, 0.717) is 0 Å². The SMILES string of the molecule is CC1(C)c2ccccc2-c2ccc(-c3c4ccc(-c5ccc(-c6ccc7ccccc7c6)cc5)cc4c(-c4ccc5c(c4)C(C)(C)c4ccccc4-5)c4cc5c(cc34)-c3ccccc3C5(C)C)cc21. The highest BCUT2D eigenvalue weighted by Gasteiger charge is 2.39. The van der Waals surface area contributed by atoms with Gasteiger partial charge in [0.05, 0.1) is 0 Å². The predicted molar refractivity (Wildman–Crippen MR) is 293 cm³/mol. The summed E-state index contributed by atoms with van der Waals surface area (Å²) >= 11 is 0. The topological polar surface area (TPSA) is 0 Å². The molecule has 0 fully saturated rings. The van der Waals surface area contributed by atoms with Crippen LogP contribution in [0.3, 0.4) is 0 Å². The minimum Gasteiger partial charge on any atom is -0.0619 e. The summed E-state index contributed by atoms with van der Waals surface area (Å²) in [5, 5.41) is 7.68. The molecule has 328 valence electrons. The third-order valence-corrected chi connectivity index (χ3v) is 16.9. The van der Waals surface area contributed by atoms with Crippen LogP contribution in [0.4, 0.5) is 0 Å². The van der Waals surface area contributed by atoms with Gasteiger partial charge >= 0.3 is 0 Å². The average Bonchev–Trinajstić information content (AvgIpc) is 3.86. The van der Waals surface area contributed by atoms with Gasteiger partial charge in [-0.1, -0.05) is 211 Å². The highest BCUT2D eigenvalue weighted by molar-refractivity contribution is 6.23. The molecule has 0 N–H and O–H groups in total. The van der Waals surface area contributed by atoms with Crippen LogP contribution >= 0.6 is 0 Å². The first-order valence-corrected chi connectivity index (χ1v) is 24.7. The lowest BCUT2D eigenvalue weighted by atomic mass is 9.77. The largest absolute Gasteiger partial charge is 0.0619 e. The van der Waals surface area contributed by atoms with Crippen molar-refractivity contribution in [1.82, 2.24) is 0 Å². The van der Waals surface area contributed by atoms with Gasteiger partial charge < -0.3 is 0 Å². The monoisotopic (exact) mass is 880 g/mol. The van der Waals surface area contributed by atoms with Gasteiger partial charge in [-0.25, -0.2) is 0 Å². The maximum absolute atomic E-state index is 2.59. The molecule has 0 bridgehead atoms. The van der Waals surface area contributed by atoms with Crippen molar-refractivity contribution < 1.29 is 0 Å². The third-order valence-electron chi connectivity index (χ3n) is 16.9. The molecule has 0 amide bonds. The summed E-state index contributed by atoms with van der Waals surface area (Å²) in [6.07, 6.45) is 0. The van der Waals surface area contributed by atoms with Gasteiger partial charge in [0, 0.05) is 16.2 Å². The Hall–Kier alpha value is -7.80. The molecule has 0 unspecified atom stereocenters. The molecule has 0 saturated carbocycles. The van der Waals surface area contributed by atoms with Gasteiger partial charge in [0.2, 0.25) is 0 Å². The van der Waals surface area contributed by atoms with E-state index in [4.69, 9.17) is 0 Å². The molecule has 0 aliphatic heterocycles. The standard InChI is InChI=1S/C69H52/c1-67(2)59-20-12-9-17-49(59)52-32-30-47(37-62(52)67)65-54-34-29-46(43-25-23-42(24-26-43)45-28-27-41-15-7-8-16-44(41)35-45)36-56(54)66(48-31-33-53-50-18-10-13-21-60(50)68(3,4)63(53)38-48)58-40-64-55(39-57(58)65)51-19-11-14-22-61(51)69(64,5)6/h7-40H,1-6H3. The number of rotatable bonds is 4. The molecular formula is C69H52. The summed E-state index contributed by atoms with van der Waals surface area (Å²) in [5.41, 5.74) is 26.0. The van der Waals surface area contributed by atoms with E-state index in [0.717, 1.165) is 0 Å². The van der Waals surface area contributed by atoms with E-state index < -0.39 is 0 Å².